The summed E-state index contributed by atoms with van der Waals surface area (Å²) in [4.78, 5) is 4.67. The number of aromatic nitrogens is 3. The standard InChI is InChI=1S/C12H20N4O/c1-12(5-2-8-17-12)11-14-10(15-16-11)9-3-6-13-7-4-9/h9,13H,2-8H2,1H3,(H,14,15,16). The van der Waals surface area contributed by atoms with E-state index in [-0.39, 0.29) is 5.60 Å². The molecule has 5 heteroatoms. The zero-order valence-corrected chi connectivity index (χ0v) is 10.3. The lowest BCUT2D eigenvalue weighted by Crippen LogP contribution is -2.27. The smallest absolute Gasteiger partial charge is 0.182 e. The van der Waals surface area contributed by atoms with Crippen LogP contribution in [0.5, 0.6) is 0 Å². The highest BCUT2D eigenvalue weighted by molar-refractivity contribution is 5.06. The highest BCUT2D eigenvalue weighted by Crippen LogP contribution is 2.34. The van der Waals surface area contributed by atoms with Crippen molar-refractivity contribution in [1.82, 2.24) is 20.5 Å². The molecule has 1 atom stereocenters. The van der Waals surface area contributed by atoms with Gasteiger partial charge in [-0.2, -0.15) is 5.10 Å². The predicted molar refractivity (Wildman–Crippen MR) is 63.8 cm³/mol. The Bertz CT molecular complexity index is 378. The van der Waals surface area contributed by atoms with E-state index in [9.17, 15) is 0 Å². The Morgan fingerprint density at radius 3 is 2.88 bits per heavy atom. The average Bonchev–Trinajstić information content (AvgIpc) is 2.99. The summed E-state index contributed by atoms with van der Waals surface area (Å²) < 4.78 is 5.77. The van der Waals surface area contributed by atoms with E-state index in [1.807, 2.05) is 0 Å². The van der Waals surface area contributed by atoms with Crippen LogP contribution in [0.4, 0.5) is 0 Å². The van der Waals surface area contributed by atoms with Crippen molar-refractivity contribution >= 4 is 0 Å². The van der Waals surface area contributed by atoms with Crippen molar-refractivity contribution in [2.24, 2.45) is 0 Å². The first-order valence-corrected chi connectivity index (χ1v) is 6.55. The van der Waals surface area contributed by atoms with E-state index in [1.165, 1.54) is 0 Å². The monoisotopic (exact) mass is 236 g/mol. The first-order chi connectivity index (χ1) is 8.28. The molecule has 2 saturated heterocycles. The summed E-state index contributed by atoms with van der Waals surface area (Å²) >= 11 is 0. The second kappa shape index (κ2) is 4.38. The molecule has 0 spiro atoms. The molecule has 0 radical (unpaired) electrons. The van der Waals surface area contributed by atoms with Crippen LogP contribution in [0.25, 0.3) is 0 Å². The molecule has 2 fully saturated rings. The lowest BCUT2D eigenvalue weighted by molar-refractivity contribution is 0.00956. The summed E-state index contributed by atoms with van der Waals surface area (Å²) in [5.74, 6) is 2.41. The molecule has 5 nitrogen and oxygen atoms in total. The number of aromatic amines is 1. The number of hydrogen-bond donors (Lipinski definition) is 2. The van der Waals surface area contributed by atoms with Gasteiger partial charge in [-0.15, -0.1) is 0 Å². The van der Waals surface area contributed by atoms with Crippen molar-refractivity contribution in [2.75, 3.05) is 19.7 Å². The second-order valence-corrected chi connectivity index (χ2v) is 5.25. The van der Waals surface area contributed by atoms with Crippen molar-refractivity contribution in [1.29, 1.82) is 0 Å². The van der Waals surface area contributed by atoms with E-state index in [0.29, 0.717) is 5.92 Å². The van der Waals surface area contributed by atoms with Crippen molar-refractivity contribution in [3.63, 3.8) is 0 Å². The quantitative estimate of drug-likeness (QED) is 0.812. The van der Waals surface area contributed by atoms with Gasteiger partial charge in [-0.25, -0.2) is 4.98 Å². The fourth-order valence-corrected chi connectivity index (χ4v) is 2.74. The van der Waals surface area contributed by atoms with Gasteiger partial charge in [0.05, 0.1) is 0 Å². The summed E-state index contributed by atoms with van der Waals surface area (Å²) in [6.45, 7) is 5.08. The molecule has 2 aliphatic rings. The molecule has 0 bridgehead atoms. The van der Waals surface area contributed by atoms with Crippen molar-refractivity contribution < 1.29 is 4.74 Å². The van der Waals surface area contributed by atoms with Gasteiger partial charge in [-0.1, -0.05) is 0 Å². The zero-order valence-electron chi connectivity index (χ0n) is 10.3. The van der Waals surface area contributed by atoms with Crippen molar-refractivity contribution in [2.45, 2.75) is 44.1 Å². The Morgan fingerprint density at radius 2 is 2.18 bits per heavy atom. The highest BCUT2D eigenvalue weighted by Gasteiger charge is 2.36. The Morgan fingerprint density at radius 1 is 1.35 bits per heavy atom. The molecule has 2 aliphatic heterocycles. The Labute approximate surface area is 101 Å². The number of H-pyrrole nitrogens is 1. The molecule has 0 saturated carbocycles. The lowest BCUT2D eigenvalue weighted by Gasteiger charge is -2.21. The van der Waals surface area contributed by atoms with Gasteiger partial charge in [-0.3, -0.25) is 5.10 Å². The Kier molecular flexibility index (Phi) is 2.88. The van der Waals surface area contributed by atoms with Gasteiger partial charge >= 0.3 is 0 Å². The number of nitrogens with zero attached hydrogens (tertiary/aromatic N) is 2. The molecule has 17 heavy (non-hydrogen) atoms. The normalized spacial score (nSPS) is 30.9. The fourth-order valence-electron chi connectivity index (χ4n) is 2.74. The molecule has 1 aromatic rings. The summed E-state index contributed by atoms with van der Waals surface area (Å²) in [7, 11) is 0. The molecule has 0 aliphatic carbocycles. The number of piperidine rings is 1. The van der Waals surface area contributed by atoms with Crippen molar-refractivity contribution in [3.05, 3.63) is 11.6 Å². The largest absolute Gasteiger partial charge is 0.367 e. The third-order valence-corrected chi connectivity index (χ3v) is 3.92. The minimum Gasteiger partial charge on any atom is -0.367 e. The van der Waals surface area contributed by atoms with Gasteiger partial charge in [-0.05, 0) is 45.7 Å². The second-order valence-electron chi connectivity index (χ2n) is 5.25. The predicted octanol–water partition coefficient (Wildman–Crippen LogP) is 1.30. The molecule has 1 unspecified atom stereocenters. The van der Waals surface area contributed by atoms with E-state index in [2.05, 4.69) is 27.4 Å². The van der Waals surface area contributed by atoms with E-state index in [1.54, 1.807) is 0 Å². The van der Waals surface area contributed by atoms with Gasteiger partial charge < -0.3 is 10.1 Å². The molecule has 2 N–H and O–H groups in total. The van der Waals surface area contributed by atoms with Crippen molar-refractivity contribution in [3.8, 4) is 0 Å². The molecule has 3 rings (SSSR count). The summed E-state index contributed by atoms with van der Waals surface area (Å²) in [5.41, 5.74) is -0.262. The van der Waals surface area contributed by atoms with Crippen LogP contribution in [0.15, 0.2) is 0 Å². The first kappa shape index (κ1) is 11.2. The molecule has 0 aromatic carbocycles. The SMILES string of the molecule is CC1(c2n[nH]c(C3CCNCC3)n2)CCCO1. The Balaban J connectivity index is 1.77. The van der Waals surface area contributed by atoms with Gasteiger partial charge in [0.1, 0.15) is 11.4 Å². The number of rotatable bonds is 2. The lowest BCUT2D eigenvalue weighted by atomic mass is 9.97. The van der Waals surface area contributed by atoms with Crippen LogP contribution in [0.2, 0.25) is 0 Å². The number of hydrogen-bond acceptors (Lipinski definition) is 4. The molecule has 0 amide bonds. The minimum absolute atomic E-state index is 0.262. The molecular formula is C12H20N4O. The van der Waals surface area contributed by atoms with Gasteiger partial charge in [0.25, 0.3) is 0 Å². The minimum atomic E-state index is -0.262. The van der Waals surface area contributed by atoms with Crippen LogP contribution in [-0.4, -0.2) is 34.9 Å². The molecule has 3 heterocycles. The fraction of sp³-hybridized carbons (Fsp3) is 0.833. The summed E-state index contributed by atoms with van der Waals surface area (Å²) in [5, 5.41) is 10.8. The van der Waals surface area contributed by atoms with Gasteiger partial charge in [0, 0.05) is 12.5 Å². The molecule has 94 valence electrons. The summed E-state index contributed by atoms with van der Waals surface area (Å²) in [6.07, 6.45) is 4.42. The Hall–Kier alpha value is -0.940. The summed E-state index contributed by atoms with van der Waals surface area (Å²) in [6, 6.07) is 0. The topological polar surface area (TPSA) is 62.8 Å². The van der Waals surface area contributed by atoms with Crippen LogP contribution in [0.3, 0.4) is 0 Å². The van der Waals surface area contributed by atoms with Gasteiger partial charge in [0.2, 0.25) is 0 Å². The zero-order chi connectivity index (χ0) is 11.7. The number of ether oxygens (including phenoxy) is 1. The number of nitrogens with one attached hydrogen (secondary N) is 2. The van der Waals surface area contributed by atoms with Crippen LogP contribution in [0.1, 0.15) is 50.2 Å². The average molecular weight is 236 g/mol. The van der Waals surface area contributed by atoms with E-state index >= 15 is 0 Å². The maximum absolute atomic E-state index is 5.77. The van der Waals surface area contributed by atoms with Crippen LogP contribution in [-0.2, 0) is 10.3 Å². The first-order valence-electron chi connectivity index (χ1n) is 6.55. The third kappa shape index (κ3) is 2.09. The maximum Gasteiger partial charge on any atom is 0.182 e. The van der Waals surface area contributed by atoms with Crippen LogP contribution < -0.4 is 5.32 Å². The van der Waals surface area contributed by atoms with Crippen LogP contribution >= 0.6 is 0 Å². The van der Waals surface area contributed by atoms with E-state index < -0.39 is 0 Å². The van der Waals surface area contributed by atoms with Crippen LogP contribution in [0, 0.1) is 0 Å². The highest BCUT2D eigenvalue weighted by atomic mass is 16.5. The van der Waals surface area contributed by atoms with E-state index in [0.717, 1.165) is 57.0 Å². The maximum atomic E-state index is 5.77. The molecule has 1 aromatic heterocycles. The van der Waals surface area contributed by atoms with Gasteiger partial charge in [0.15, 0.2) is 5.82 Å². The molecular weight excluding hydrogens is 216 g/mol. The van der Waals surface area contributed by atoms with E-state index in [4.69, 9.17) is 4.74 Å². The third-order valence-electron chi connectivity index (χ3n) is 3.92.